The first-order valence-electron chi connectivity index (χ1n) is 16.2. The number of aliphatic hydroxyl groups is 2. The number of thiazole rings is 2. The second-order valence-corrected chi connectivity index (χ2v) is 13.9. The molecular weight excluding hydrogens is 635 g/mol. The van der Waals surface area contributed by atoms with Crippen LogP contribution in [0.15, 0.2) is 48.5 Å². The molecule has 0 amide bonds. The van der Waals surface area contributed by atoms with Gasteiger partial charge in [-0.1, -0.05) is 23.5 Å². The van der Waals surface area contributed by atoms with Crippen LogP contribution in [0.3, 0.4) is 0 Å². The highest BCUT2D eigenvalue weighted by Crippen LogP contribution is 2.40. The highest BCUT2D eigenvalue weighted by atomic mass is 32.1. The quantitative estimate of drug-likeness (QED) is 0.0984. The van der Waals surface area contributed by atoms with Gasteiger partial charge in [0.1, 0.15) is 23.8 Å². The van der Waals surface area contributed by atoms with E-state index in [1.54, 1.807) is 11.3 Å². The van der Waals surface area contributed by atoms with Gasteiger partial charge in [-0.2, -0.15) is 0 Å². The summed E-state index contributed by atoms with van der Waals surface area (Å²) in [5.41, 5.74) is 3.36. The number of likely N-dealkylation sites (tertiary alicyclic amines) is 1. The first-order valence-corrected chi connectivity index (χ1v) is 17.8. The largest absolute Gasteiger partial charge is 0.494 e. The summed E-state index contributed by atoms with van der Waals surface area (Å²) >= 11 is 3.05. The fourth-order valence-corrected chi connectivity index (χ4v) is 8.13. The van der Waals surface area contributed by atoms with E-state index in [4.69, 9.17) is 9.47 Å². The molecule has 0 radical (unpaired) electrons. The van der Waals surface area contributed by atoms with Crippen LogP contribution in [0.25, 0.3) is 10.2 Å². The molecule has 2 aromatic carbocycles. The highest BCUT2D eigenvalue weighted by Gasteiger charge is 2.28. The Morgan fingerprint density at radius 1 is 0.894 bits per heavy atom. The number of ether oxygens (including phenoxy) is 2. The van der Waals surface area contributed by atoms with E-state index in [1.807, 2.05) is 47.4 Å². The number of hydrogen-bond acceptors (Lipinski definition) is 13. The number of nitrogens with one attached hydrogen (secondary N) is 1. The van der Waals surface area contributed by atoms with Crippen molar-refractivity contribution in [2.24, 2.45) is 0 Å². The topological polar surface area (TPSA) is 129 Å². The van der Waals surface area contributed by atoms with E-state index >= 15 is 0 Å². The van der Waals surface area contributed by atoms with E-state index in [0.29, 0.717) is 37.0 Å². The zero-order chi connectivity index (χ0) is 32.2. The Bertz CT molecular complexity index is 1770. The molecule has 0 unspecified atom stereocenters. The Kier molecular flexibility index (Phi) is 9.77. The van der Waals surface area contributed by atoms with Crippen LogP contribution in [0.1, 0.15) is 53.7 Å². The molecule has 0 spiro atoms. The monoisotopic (exact) mass is 673 g/mol. The standard InChI is InChI=1S/C34H39N7O4S2/c1-22-25-8-6-18-41(31(25)39-38-30(22)37-33-35-26-9-2-3-10-27(26)46-33)34-36-29(32(42)43)28(47-34)11-7-20-44-23-12-14-24(15-13-23)45-21-19-40-16-4-5-17-40/h2-3,9-10,12-15,32,42-43H,4-8,11,16-21H2,1H3,(H,35,37,38). The molecule has 246 valence electrons. The lowest BCUT2D eigenvalue weighted by Gasteiger charge is -2.28. The Balaban J connectivity index is 0.971. The van der Waals surface area contributed by atoms with Crippen LogP contribution in [0, 0.1) is 6.92 Å². The van der Waals surface area contributed by atoms with E-state index in [9.17, 15) is 10.2 Å². The molecule has 3 N–H and O–H groups in total. The fourth-order valence-electron chi connectivity index (χ4n) is 6.11. The normalized spacial score (nSPS) is 15.0. The van der Waals surface area contributed by atoms with E-state index in [-0.39, 0.29) is 5.69 Å². The van der Waals surface area contributed by atoms with E-state index in [1.165, 1.54) is 37.3 Å². The lowest BCUT2D eigenvalue weighted by Crippen LogP contribution is -2.27. The molecule has 11 nitrogen and oxygen atoms in total. The Morgan fingerprint density at radius 2 is 1.66 bits per heavy atom. The van der Waals surface area contributed by atoms with Crippen LogP contribution in [0.2, 0.25) is 0 Å². The minimum Gasteiger partial charge on any atom is -0.494 e. The average Bonchev–Trinajstić information content (AvgIpc) is 3.85. The first kappa shape index (κ1) is 31.7. The lowest BCUT2D eigenvalue weighted by molar-refractivity contribution is -0.0459. The lowest BCUT2D eigenvalue weighted by atomic mass is 10.0. The Morgan fingerprint density at radius 3 is 2.43 bits per heavy atom. The molecule has 1 fully saturated rings. The molecular formula is C34H39N7O4S2. The predicted octanol–water partition coefficient (Wildman–Crippen LogP) is 6.15. The number of fused-ring (bicyclic) bond motifs is 2. The average molecular weight is 674 g/mol. The molecule has 0 aliphatic carbocycles. The zero-order valence-electron chi connectivity index (χ0n) is 26.4. The molecule has 2 aliphatic heterocycles. The summed E-state index contributed by atoms with van der Waals surface area (Å²) in [5, 5.41) is 34.3. The van der Waals surface area contributed by atoms with Crippen LogP contribution in [-0.2, 0) is 12.8 Å². The van der Waals surface area contributed by atoms with Crippen molar-refractivity contribution >= 4 is 54.8 Å². The maximum atomic E-state index is 10.2. The molecule has 5 aromatic rings. The molecule has 0 saturated carbocycles. The van der Waals surface area contributed by atoms with E-state index in [0.717, 1.165) is 74.6 Å². The molecule has 0 atom stereocenters. The van der Waals surface area contributed by atoms with Gasteiger partial charge < -0.3 is 29.9 Å². The van der Waals surface area contributed by atoms with Crippen molar-refractivity contribution in [3.05, 3.63) is 70.2 Å². The van der Waals surface area contributed by atoms with Gasteiger partial charge in [0.15, 0.2) is 28.2 Å². The van der Waals surface area contributed by atoms with Gasteiger partial charge in [0, 0.05) is 29.1 Å². The smallest absolute Gasteiger partial charge is 0.197 e. The highest BCUT2D eigenvalue weighted by molar-refractivity contribution is 7.22. The van der Waals surface area contributed by atoms with Crippen molar-refractivity contribution in [2.45, 2.75) is 51.7 Å². The molecule has 13 heteroatoms. The number of rotatable bonds is 13. The van der Waals surface area contributed by atoms with Crippen LogP contribution in [0.4, 0.5) is 21.9 Å². The van der Waals surface area contributed by atoms with Crippen molar-refractivity contribution < 1.29 is 19.7 Å². The summed E-state index contributed by atoms with van der Waals surface area (Å²) < 4.78 is 13.0. The Hall–Kier alpha value is -3.88. The SMILES string of the molecule is Cc1c(Nc2nc3ccccc3s2)nnc2c1CCCN2c1nc(C(O)O)c(CCCOc2ccc(OCCN3CCCC3)cc2)s1. The molecule has 5 heterocycles. The van der Waals surface area contributed by atoms with Gasteiger partial charge in [-0.3, -0.25) is 4.90 Å². The minimum absolute atomic E-state index is 0.284. The van der Waals surface area contributed by atoms with Gasteiger partial charge in [0.05, 0.1) is 16.8 Å². The Labute approximate surface area is 281 Å². The van der Waals surface area contributed by atoms with Gasteiger partial charge in [-0.25, -0.2) is 9.97 Å². The number of nitrogens with zero attached hydrogens (tertiary/aromatic N) is 6. The molecule has 0 bridgehead atoms. The van der Waals surface area contributed by atoms with Crippen molar-refractivity contribution in [1.82, 2.24) is 25.1 Å². The predicted molar refractivity (Wildman–Crippen MR) is 186 cm³/mol. The summed E-state index contributed by atoms with van der Waals surface area (Å²) in [4.78, 5) is 14.7. The third kappa shape index (κ3) is 7.34. The summed E-state index contributed by atoms with van der Waals surface area (Å²) in [6, 6.07) is 15.8. The third-order valence-corrected chi connectivity index (χ3v) is 10.7. The van der Waals surface area contributed by atoms with Crippen LogP contribution in [0.5, 0.6) is 11.5 Å². The minimum atomic E-state index is -1.66. The van der Waals surface area contributed by atoms with Gasteiger partial charge in [0.25, 0.3) is 0 Å². The number of para-hydroxylation sites is 1. The second kappa shape index (κ2) is 14.5. The number of anilines is 4. The van der Waals surface area contributed by atoms with E-state index < -0.39 is 6.29 Å². The molecule has 7 rings (SSSR count). The number of aryl methyl sites for hydroxylation is 1. The molecule has 2 aliphatic rings. The maximum absolute atomic E-state index is 10.2. The van der Waals surface area contributed by atoms with Crippen LogP contribution < -0.4 is 19.7 Å². The number of benzene rings is 2. The summed E-state index contributed by atoms with van der Waals surface area (Å²) in [7, 11) is 0. The van der Waals surface area contributed by atoms with Crippen molar-refractivity contribution in [1.29, 1.82) is 0 Å². The van der Waals surface area contributed by atoms with Crippen molar-refractivity contribution in [3.8, 4) is 11.5 Å². The summed E-state index contributed by atoms with van der Waals surface area (Å²) in [5.74, 6) is 3.07. The first-order chi connectivity index (χ1) is 23.0. The van der Waals surface area contributed by atoms with Gasteiger partial charge in [0.2, 0.25) is 0 Å². The number of hydrogen-bond donors (Lipinski definition) is 3. The van der Waals surface area contributed by atoms with Gasteiger partial charge >= 0.3 is 0 Å². The summed E-state index contributed by atoms with van der Waals surface area (Å²) in [6.07, 6.45) is 4.01. The zero-order valence-corrected chi connectivity index (χ0v) is 28.0. The fraction of sp³-hybridized carbons (Fsp3) is 0.412. The number of aromatic nitrogens is 4. The third-order valence-electron chi connectivity index (χ3n) is 8.61. The van der Waals surface area contributed by atoms with E-state index in [2.05, 4.69) is 43.4 Å². The summed E-state index contributed by atoms with van der Waals surface area (Å²) in [6.45, 7) is 7.26. The number of aliphatic hydroxyl groups excluding tert-OH is 1. The van der Waals surface area contributed by atoms with Crippen molar-refractivity contribution in [2.75, 3.05) is 49.6 Å². The second-order valence-electron chi connectivity index (χ2n) is 11.8. The van der Waals surface area contributed by atoms with Crippen molar-refractivity contribution in [3.63, 3.8) is 0 Å². The molecule has 47 heavy (non-hydrogen) atoms. The van der Waals surface area contributed by atoms with Gasteiger partial charge in [-0.15, -0.1) is 21.5 Å². The maximum Gasteiger partial charge on any atom is 0.197 e. The van der Waals surface area contributed by atoms with Crippen LogP contribution in [-0.4, -0.2) is 74.7 Å². The van der Waals surface area contributed by atoms with Crippen LogP contribution >= 0.6 is 22.7 Å². The van der Waals surface area contributed by atoms with Gasteiger partial charge in [-0.05, 0) is 94.9 Å². The molecule has 1 saturated heterocycles. The molecule has 3 aromatic heterocycles.